The fourth-order valence-corrected chi connectivity index (χ4v) is 4.58. The van der Waals surface area contributed by atoms with Gasteiger partial charge in [0.25, 0.3) is 0 Å². The molecule has 3 aromatic rings. The SMILES string of the molecule is COC(=O)O[C@H](C(=O)c1ccccc1)[C@@H](NS(=O)(=O)c1ccc(C)cc1)c1ccccc1C. The highest BCUT2D eigenvalue weighted by Crippen LogP contribution is 2.28. The summed E-state index contributed by atoms with van der Waals surface area (Å²) >= 11 is 0. The second-order valence-corrected chi connectivity index (χ2v) is 9.21. The van der Waals surface area contributed by atoms with E-state index in [4.69, 9.17) is 4.74 Å². The van der Waals surface area contributed by atoms with Gasteiger partial charge < -0.3 is 9.47 Å². The molecule has 3 rings (SSSR count). The molecule has 172 valence electrons. The van der Waals surface area contributed by atoms with E-state index in [9.17, 15) is 18.0 Å². The monoisotopic (exact) mass is 467 g/mol. The van der Waals surface area contributed by atoms with E-state index in [1.165, 1.54) is 12.1 Å². The zero-order valence-electron chi connectivity index (χ0n) is 18.5. The van der Waals surface area contributed by atoms with Crippen molar-refractivity contribution in [1.82, 2.24) is 4.72 Å². The minimum Gasteiger partial charge on any atom is -0.438 e. The van der Waals surface area contributed by atoms with Gasteiger partial charge in [0.15, 0.2) is 6.10 Å². The molecule has 33 heavy (non-hydrogen) atoms. The van der Waals surface area contributed by atoms with Gasteiger partial charge in [0.1, 0.15) is 0 Å². The Morgan fingerprint density at radius 3 is 2.06 bits per heavy atom. The van der Waals surface area contributed by atoms with Crippen LogP contribution in [0.4, 0.5) is 4.79 Å². The average Bonchev–Trinajstić information content (AvgIpc) is 2.82. The number of nitrogens with one attached hydrogen (secondary N) is 1. The maximum Gasteiger partial charge on any atom is 0.508 e. The standard InChI is InChI=1S/C25H25NO6S/c1-17-13-15-20(16-14-17)33(29,30)26-22(21-12-8-7-9-18(21)2)24(32-25(28)31-3)23(27)19-10-5-4-6-11-19/h4-16,22,24,26H,1-3H3/t22-,24-/m0/s1. The van der Waals surface area contributed by atoms with Crippen molar-refractivity contribution >= 4 is 22.0 Å². The van der Waals surface area contributed by atoms with E-state index >= 15 is 0 Å². The van der Waals surface area contributed by atoms with Crippen LogP contribution in [0.15, 0.2) is 83.8 Å². The van der Waals surface area contributed by atoms with E-state index in [-0.39, 0.29) is 10.5 Å². The second kappa shape index (κ2) is 10.4. The summed E-state index contributed by atoms with van der Waals surface area (Å²) in [5.41, 5.74) is 2.37. The summed E-state index contributed by atoms with van der Waals surface area (Å²) < 4.78 is 39.1. The van der Waals surface area contributed by atoms with Crippen molar-refractivity contribution in [2.24, 2.45) is 0 Å². The van der Waals surface area contributed by atoms with Gasteiger partial charge in [-0.3, -0.25) is 4.79 Å². The van der Waals surface area contributed by atoms with Gasteiger partial charge in [-0.25, -0.2) is 13.2 Å². The first-order valence-electron chi connectivity index (χ1n) is 10.2. The van der Waals surface area contributed by atoms with Gasteiger partial charge in [0, 0.05) is 5.56 Å². The van der Waals surface area contributed by atoms with Crippen LogP contribution in [0, 0.1) is 13.8 Å². The van der Waals surface area contributed by atoms with Gasteiger partial charge >= 0.3 is 6.16 Å². The molecule has 2 atom stereocenters. The maximum atomic E-state index is 13.4. The molecule has 3 aromatic carbocycles. The van der Waals surface area contributed by atoms with E-state index in [2.05, 4.69) is 9.46 Å². The number of ketones is 1. The average molecular weight is 468 g/mol. The smallest absolute Gasteiger partial charge is 0.438 e. The summed E-state index contributed by atoms with van der Waals surface area (Å²) in [5, 5.41) is 0. The van der Waals surface area contributed by atoms with Crippen molar-refractivity contribution in [3.8, 4) is 0 Å². The molecule has 0 aliphatic heterocycles. The summed E-state index contributed by atoms with van der Waals surface area (Å²) in [6.45, 7) is 3.63. The highest BCUT2D eigenvalue weighted by molar-refractivity contribution is 7.89. The fraction of sp³-hybridized carbons (Fsp3) is 0.200. The maximum absolute atomic E-state index is 13.4. The lowest BCUT2D eigenvalue weighted by atomic mass is 9.93. The van der Waals surface area contributed by atoms with Crippen LogP contribution in [0.25, 0.3) is 0 Å². The van der Waals surface area contributed by atoms with Gasteiger partial charge in [-0.05, 0) is 37.1 Å². The molecule has 0 heterocycles. The molecule has 0 amide bonds. The number of hydrogen-bond donors (Lipinski definition) is 1. The van der Waals surface area contributed by atoms with Crippen LogP contribution >= 0.6 is 0 Å². The summed E-state index contributed by atoms with van der Waals surface area (Å²) in [7, 11) is -2.96. The lowest BCUT2D eigenvalue weighted by Gasteiger charge is -2.28. The summed E-state index contributed by atoms with van der Waals surface area (Å²) in [5.74, 6) is -0.569. The molecule has 7 nitrogen and oxygen atoms in total. The van der Waals surface area contributed by atoms with Crippen LogP contribution in [0.5, 0.6) is 0 Å². The second-order valence-electron chi connectivity index (χ2n) is 7.49. The lowest BCUT2D eigenvalue weighted by molar-refractivity contribution is 0.0236. The van der Waals surface area contributed by atoms with Crippen molar-refractivity contribution < 1.29 is 27.5 Å². The predicted molar refractivity (Wildman–Crippen MR) is 123 cm³/mol. The Bertz CT molecular complexity index is 1220. The Hall–Kier alpha value is -3.49. The van der Waals surface area contributed by atoms with E-state index in [1.54, 1.807) is 73.7 Å². The molecule has 0 aliphatic rings. The number of carbonyl (C=O) groups is 2. The fourth-order valence-electron chi connectivity index (χ4n) is 3.37. The van der Waals surface area contributed by atoms with Crippen LogP contribution in [-0.4, -0.2) is 33.6 Å². The molecule has 0 unspecified atom stereocenters. The Balaban J connectivity index is 2.12. The molecule has 0 bridgehead atoms. The zero-order valence-corrected chi connectivity index (χ0v) is 19.3. The Morgan fingerprint density at radius 2 is 1.45 bits per heavy atom. The van der Waals surface area contributed by atoms with Gasteiger partial charge in [-0.1, -0.05) is 72.3 Å². The number of benzene rings is 3. The molecule has 0 aromatic heterocycles. The third kappa shape index (κ3) is 5.85. The van der Waals surface area contributed by atoms with Gasteiger partial charge in [0.05, 0.1) is 18.0 Å². The Labute approximate surface area is 193 Å². The minimum absolute atomic E-state index is 0.0238. The van der Waals surface area contributed by atoms with E-state index in [0.717, 1.165) is 12.7 Å². The van der Waals surface area contributed by atoms with E-state index < -0.39 is 34.1 Å². The number of Topliss-reactive ketones (excluding diaryl/α,β-unsaturated/α-hetero) is 1. The quantitative estimate of drug-likeness (QED) is 0.390. The summed E-state index contributed by atoms with van der Waals surface area (Å²) in [4.78, 5) is 25.5. The van der Waals surface area contributed by atoms with Crippen LogP contribution in [0.1, 0.15) is 33.1 Å². The van der Waals surface area contributed by atoms with Crippen LogP contribution in [0.2, 0.25) is 0 Å². The number of carbonyl (C=O) groups excluding carboxylic acids is 2. The summed E-state index contributed by atoms with van der Waals surface area (Å²) in [6, 6.07) is 20.3. The molecular formula is C25H25NO6S. The molecule has 0 aliphatic carbocycles. The number of ether oxygens (including phenoxy) is 2. The third-order valence-electron chi connectivity index (χ3n) is 5.15. The van der Waals surface area contributed by atoms with Crippen molar-refractivity contribution in [3.63, 3.8) is 0 Å². The Kier molecular flexibility index (Phi) is 7.63. The lowest BCUT2D eigenvalue weighted by Crippen LogP contribution is -2.43. The first kappa shape index (κ1) is 24.2. The van der Waals surface area contributed by atoms with Gasteiger partial charge in [0.2, 0.25) is 15.8 Å². The molecule has 0 spiro atoms. The van der Waals surface area contributed by atoms with Crippen LogP contribution in [0.3, 0.4) is 0 Å². The van der Waals surface area contributed by atoms with Crippen molar-refractivity contribution in [3.05, 3.63) is 101 Å². The summed E-state index contributed by atoms with van der Waals surface area (Å²) in [6.07, 6.45) is -2.61. The van der Waals surface area contributed by atoms with Crippen molar-refractivity contribution in [2.75, 3.05) is 7.11 Å². The predicted octanol–water partition coefficient (Wildman–Crippen LogP) is 4.36. The first-order chi connectivity index (χ1) is 15.7. The number of methoxy groups -OCH3 is 1. The number of hydrogen-bond acceptors (Lipinski definition) is 6. The highest BCUT2D eigenvalue weighted by Gasteiger charge is 2.38. The Morgan fingerprint density at radius 1 is 0.848 bits per heavy atom. The van der Waals surface area contributed by atoms with E-state index in [1.807, 2.05) is 6.92 Å². The van der Waals surface area contributed by atoms with E-state index in [0.29, 0.717) is 11.1 Å². The minimum atomic E-state index is -4.08. The van der Waals surface area contributed by atoms with Crippen molar-refractivity contribution in [2.45, 2.75) is 30.9 Å². The number of sulfonamides is 1. The highest BCUT2D eigenvalue weighted by atomic mass is 32.2. The topological polar surface area (TPSA) is 98.8 Å². The third-order valence-corrected chi connectivity index (χ3v) is 6.60. The number of aryl methyl sites for hydroxylation is 2. The van der Waals surface area contributed by atoms with Crippen LogP contribution < -0.4 is 4.72 Å². The zero-order chi connectivity index (χ0) is 24.0. The normalized spacial score (nSPS) is 13.1. The molecule has 0 radical (unpaired) electrons. The number of rotatable bonds is 8. The van der Waals surface area contributed by atoms with Gasteiger partial charge in [-0.15, -0.1) is 0 Å². The van der Waals surface area contributed by atoms with Gasteiger partial charge in [-0.2, -0.15) is 4.72 Å². The molecule has 1 N–H and O–H groups in total. The molecule has 0 fully saturated rings. The van der Waals surface area contributed by atoms with Crippen LogP contribution in [-0.2, 0) is 19.5 Å². The molecular weight excluding hydrogens is 442 g/mol. The molecule has 0 saturated heterocycles. The molecule has 8 heteroatoms. The molecule has 0 saturated carbocycles. The first-order valence-corrected chi connectivity index (χ1v) is 11.7. The van der Waals surface area contributed by atoms with Crippen molar-refractivity contribution in [1.29, 1.82) is 0 Å². The largest absolute Gasteiger partial charge is 0.508 e.